The fourth-order valence-electron chi connectivity index (χ4n) is 3.32. The third-order valence-corrected chi connectivity index (χ3v) is 5.59. The van der Waals surface area contributed by atoms with E-state index in [4.69, 9.17) is 0 Å². The Labute approximate surface area is 117 Å². The molecule has 0 heterocycles. The van der Waals surface area contributed by atoms with Crippen LogP contribution in [-0.2, 0) is 11.2 Å². The molecule has 0 amide bonds. The topological polar surface area (TPSA) is 17.1 Å². The average molecular weight is 266 g/mol. The van der Waals surface area contributed by atoms with E-state index < -0.39 is 0 Å². The minimum atomic E-state index is 0.121. The molecule has 0 aliphatic heterocycles. The Morgan fingerprint density at radius 3 is 2.53 bits per heavy atom. The van der Waals surface area contributed by atoms with Gasteiger partial charge in [0.15, 0.2) is 5.78 Å². The molecule has 4 rings (SSSR count). The summed E-state index contributed by atoms with van der Waals surface area (Å²) in [6.07, 6.45) is 0.950. The summed E-state index contributed by atoms with van der Waals surface area (Å²) >= 11 is 1.73. The van der Waals surface area contributed by atoms with Gasteiger partial charge in [-0.15, -0.1) is 11.8 Å². The molecule has 2 aromatic rings. The number of ketones is 1. The number of benzene rings is 2. The molecule has 2 aliphatic rings. The third kappa shape index (κ3) is 1.67. The summed E-state index contributed by atoms with van der Waals surface area (Å²) in [5.74, 6) is 1.13. The van der Waals surface area contributed by atoms with Crippen molar-refractivity contribution >= 4 is 17.5 Å². The summed E-state index contributed by atoms with van der Waals surface area (Å²) in [6.45, 7) is 0. The van der Waals surface area contributed by atoms with E-state index in [9.17, 15) is 4.79 Å². The smallest absolute Gasteiger partial charge is 0.150 e. The second-order valence-corrected chi connectivity index (χ2v) is 6.50. The molecular weight excluding hydrogens is 252 g/mol. The molecule has 0 radical (unpaired) electrons. The molecule has 0 aromatic heterocycles. The van der Waals surface area contributed by atoms with Crippen molar-refractivity contribution in [1.82, 2.24) is 0 Å². The molecule has 0 bridgehead atoms. The highest BCUT2D eigenvalue weighted by molar-refractivity contribution is 8.00. The molecule has 0 spiro atoms. The van der Waals surface area contributed by atoms with Gasteiger partial charge in [-0.25, -0.2) is 0 Å². The Morgan fingerprint density at radius 2 is 1.68 bits per heavy atom. The van der Waals surface area contributed by atoms with Crippen LogP contribution in [0.1, 0.15) is 17.0 Å². The number of fused-ring (bicyclic) bond motifs is 3. The van der Waals surface area contributed by atoms with E-state index >= 15 is 0 Å². The SMILES string of the molecule is O=C1[C@@H](Sc2ccccc2)[C@H]2c3ccccc3C[C@@H]12. The highest BCUT2D eigenvalue weighted by Crippen LogP contribution is 2.54. The van der Waals surface area contributed by atoms with Gasteiger partial charge in [0.1, 0.15) is 0 Å². The van der Waals surface area contributed by atoms with Gasteiger partial charge in [0, 0.05) is 16.7 Å². The standard InChI is InChI=1S/C17H14OS/c18-16-14-10-11-6-4-5-9-13(11)15(14)17(16)19-12-7-2-1-3-8-12/h1-9,14-15,17H,10H2/t14-,15+,17+/m1/s1. The second-order valence-electron chi connectivity index (χ2n) is 5.29. The van der Waals surface area contributed by atoms with Crippen LogP contribution in [0.15, 0.2) is 59.5 Å². The lowest BCUT2D eigenvalue weighted by molar-refractivity contribution is -0.129. The van der Waals surface area contributed by atoms with Gasteiger partial charge in [-0.2, -0.15) is 0 Å². The highest BCUT2D eigenvalue weighted by Gasteiger charge is 2.54. The van der Waals surface area contributed by atoms with Crippen molar-refractivity contribution in [3.8, 4) is 0 Å². The molecular formula is C17H14OS. The summed E-state index contributed by atoms with van der Waals surface area (Å²) in [6, 6.07) is 18.8. The Morgan fingerprint density at radius 1 is 0.947 bits per heavy atom. The van der Waals surface area contributed by atoms with Crippen molar-refractivity contribution < 1.29 is 4.79 Å². The number of Topliss-reactive ketones (excluding diaryl/α,β-unsaturated/α-hetero) is 1. The van der Waals surface area contributed by atoms with Crippen LogP contribution in [0, 0.1) is 5.92 Å². The van der Waals surface area contributed by atoms with Gasteiger partial charge in [-0.05, 0) is 29.7 Å². The van der Waals surface area contributed by atoms with Crippen molar-refractivity contribution in [2.45, 2.75) is 22.5 Å². The summed E-state index contributed by atoms with van der Waals surface area (Å²) in [5.41, 5.74) is 2.78. The first kappa shape index (κ1) is 11.3. The molecule has 2 aromatic carbocycles. The van der Waals surface area contributed by atoms with E-state index in [1.165, 1.54) is 16.0 Å². The van der Waals surface area contributed by atoms with Crippen molar-refractivity contribution in [1.29, 1.82) is 0 Å². The summed E-state index contributed by atoms with van der Waals surface area (Å²) < 4.78 is 0. The molecule has 0 unspecified atom stereocenters. The number of thioether (sulfide) groups is 1. The number of carbonyl (C=O) groups excluding carboxylic acids is 1. The van der Waals surface area contributed by atoms with Crippen LogP contribution < -0.4 is 0 Å². The second kappa shape index (κ2) is 4.24. The maximum atomic E-state index is 12.3. The molecule has 94 valence electrons. The molecule has 3 atom stereocenters. The van der Waals surface area contributed by atoms with Crippen LogP contribution in [0.4, 0.5) is 0 Å². The Bertz CT molecular complexity index is 635. The Balaban J connectivity index is 1.64. The van der Waals surface area contributed by atoms with Gasteiger partial charge < -0.3 is 0 Å². The molecule has 0 saturated heterocycles. The van der Waals surface area contributed by atoms with Crippen LogP contribution in [0.25, 0.3) is 0 Å². The van der Waals surface area contributed by atoms with Gasteiger partial charge in [-0.1, -0.05) is 42.5 Å². The number of hydrogen-bond donors (Lipinski definition) is 0. The van der Waals surface area contributed by atoms with E-state index in [1.54, 1.807) is 11.8 Å². The van der Waals surface area contributed by atoms with Crippen molar-refractivity contribution in [2.24, 2.45) is 5.92 Å². The van der Waals surface area contributed by atoms with E-state index in [0.717, 1.165) is 6.42 Å². The van der Waals surface area contributed by atoms with E-state index in [2.05, 4.69) is 36.4 Å². The Kier molecular flexibility index (Phi) is 2.52. The quantitative estimate of drug-likeness (QED) is 0.824. The van der Waals surface area contributed by atoms with Crippen molar-refractivity contribution in [3.63, 3.8) is 0 Å². The minimum Gasteiger partial charge on any atom is -0.298 e. The highest BCUT2D eigenvalue weighted by atomic mass is 32.2. The van der Waals surface area contributed by atoms with Gasteiger partial charge >= 0.3 is 0 Å². The zero-order valence-electron chi connectivity index (χ0n) is 10.5. The maximum absolute atomic E-state index is 12.3. The first-order valence-corrected chi connectivity index (χ1v) is 7.56. The largest absolute Gasteiger partial charge is 0.298 e. The third-order valence-electron chi connectivity index (χ3n) is 4.27. The first-order chi connectivity index (χ1) is 9.34. The van der Waals surface area contributed by atoms with Crippen LogP contribution in [0.3, 0.4) is 0 Å². The van der Waals surface area contributed by atoms with Gasteiger partial charge in [0.25, 0.3) is 0 Å². The minimum absolute atomic E-state index is 0.121. The monoisotopic (exact) mass is 266 g/mol. The van der Waals surface area contributed by atoms with E-state index in [1.807, 2.05) is 18.2 Å². The molecule has 19 heavy (non-hydrogen) atoms. The fourth-order valence-corrected chi connectivity index (χ4v) is 4.71. The van der Waals surface area contributed by atoms with E-state index in [-0.39, 0.29) is 11.2 Å². The first-order valence-electron chi connectivity index (χ1n) is 6.68. The van der Waals surface area contributed by atoms with Crippen LogP contribution in [-0.4, -0.2) is 11.0 Å². The van der Waals surface area contributed by atoms with Gasteiger partial charge in [-0.3, -0.25) is 4.79 Å². The molecule has 2 aliphatic carbocycles. The average Bonchev–Trinajstić information content (AvgIpc) is 2.81. The molecule has 1 saturated carbocycles. The zero-order valence-corrected chi connectivity index (χ0v) is 11.3. The predicted octanol–water partition coefficient (Wildman–Crippen LogP) is 3.69. The number of hydrogen-bond acceptors (Lipinski definition) is 2. The normalized spacial score (nSPS) is 27.6. The summed E-state index contributed by atoms with van der Waals surface area (Å²) in [4.78, 5) is 13.5. The zero-order chi connectivity index (χ0) is 12.8. The fraction of sp³-hybridized carbons (Fsp3) is 0.235. The summed E-state index contributed by atoms with van der Waals surface area (Å²) in [7, 11) is 0. The van der Waals surface area contributed by atoms with Crippen molar-refractivity contribution in [2.75, 3.05) is 0 Å². The predicted molar refractivity (Wildman–Crippen MR) is 77.5 cm³/mol. The lowest BCUT2D eigenvalue weighted by Crippen LogP contribution is -2.46. The van der Waals surface area contributed by atoms with Crippen LogP contribution >= 0.6 is 11.8 Å². The molecule has 1 fully saturated rings. The van der Waals surface area contributed by atoms with Crippen LogP contribution in [0.5, 0.6) is 0 Å². The number of rotatable bonds is 2. The van der Waals surface area contributed by atoms with Gasteiger partial charge in [0.2, 0.25) is 0 Å². The molecule has 1 nitrogen and oxygen atoms in total. The Hall–Kier alpha value is -1.54. The lowest BCUT2D eigenvalue weighted by atomic mass is 9.72. The summed E-state index contributed by atoms with van der Waals surface area (Å²) in [5, 5.41) is 0.121. The lowest BCUT2D eigenvalue weighted by Gasteiger charge is -2.38. The maximum Gasteiger partial charge on any atom is 0.150 e. The van der Waals surface area contributed by atoms with Crippen LogP contribution in [0.2, 0.25) is 0 Å². The van der Waals surface area contributed by atoms with Crippen molar-refractivity contribution in [3.05, 3.63) is 65.7 Å². The van der Waals surface area contributed by atoms with Gasteiger partial charge in [0.05, 0.1) is 5.25 Å². The van der Waals surface area contributed by atoms with E-state index in [0.29, 0.717) is 11.7 Å². The molecule has 2 heteroatoms. The number of carbonyl (C=O) groups is 1. The molecule has 0 N–H and O–H groups in total.